The van der Waals surface area contributed by atoms with E-state index in [9.17, 15) is 19.6 Å². The summed E-state index contributed by atoms with van der Waals surface area (Å²) < 4.78 is 7.93. The molecule has 0 saturated carbocycles. The second kappa shape index (κ2) is 6.82. The van der Waals surface area contributed by atoms with Crippen LogP contribution in [0.1, 0.15) is 37.6 Å². The van der Waals surface area contributed by atoms with Crippen molar-refractivity contribution in [3.05, 3.63) is 51.8 Å². The van der Waals surface area contributed by atoms with Crippen molar-refractivity contribution in [2.45, 2.75) is 40.2 Å². The molecular formula is C19H21BN4O5. The van der Waals surface area contributed by atoms with Crippen molar-refractivity contribution in [3.63, 3.8) is 0 Å². The van der Waals surface area contributed by atoms with E-state index >= 15 is 0 Å². The summed E-state index contributed by atoms with van der Waals surface area (Å²) in [6, 6.07) is 3.27. The summed E-state index contributed by atoms with van der Waals surface area (Å²) in [6.07, 6.45) is 4.64. The van der Waals surface area contributed by atoms with Crippen LogP contribution in [0.4, 0.5) is 0 Å². The van der Waals surface area contributed by atoms with Crippen molar-refractivity contribution in [2.75, 3.05) is 0 Å². The molecule has 9 nitrogen and oxygen atoms in total. The number of nitrogens with zero attached hydrogens (tertiary/aromatic N) is 4. The Bertz CT molecular complexity index is 1180. The molecule has 2 N–H and O–H groups in total. The fourth-order valence-electron chi connectivity index (χ4n) is 3.95. The van der Waals surface area contributed by atoms with E-state index in [-0.39, 0.29) is 34.4 Å². The van der Waals surface area contributed by atoms with E-state index in [0.717, 1.165) is 28.8 Å². The maximum Gasteiger partial charge on any atom is 0.489 e. The number of carbonyl (C=O) groups excluding carboxylic acids is 1. The van der Waals surface area contributed by atoms with Crippen LogP contribution in [0, 0.1) is 5.41 Å². The molecule has 0 aliphatic heterocycles. The zero-order valence-corrected chi connectivity index (χ0v) is 16.4. The standard InChI is InChI=1S/C19H21BN4O5/c1-11(25)29-9-13-14(20(27)28)4-5-21-17(13)24-18(26)15-6-12-7-19(2,3)8-16(12)23(15)10-22-24/h4-6,10,27-28H,7-9H2,1-3H3. The summed E-state index contributed by atoms with van der Waals surface area (Å²) in [5, 5.41) is 23.6. The Morgan fingerprint density at radius 2 is 2.10 bits per heavy atom. The molecule has 0 unspecified atom stereocenters. The van der Waals surface area contributed by atoms with Crippen LogP contribution < -0.4 is 11.0 Å². The van der Waals surface area contributed by atoms with Crippen LogP contribution in [-0.4, -0.2) is 42.3 Å². The summed E-state index contributed by atoms with van der Waals surface area (Å²) in [7, 11) is -1.82. The third-order valence-electron chi connectivity index (χ3n) is 5.21. The summed E-state index contributed by atoms with van der Waals surface area (Å²) in [5.74, 6) is -0.453. The molecule has 150 valence electrons. The molecule has 0 radical (unpaired) electrons. The zero-order valence-electron chi connectivity index (χ0n) is 16.4. The van der Waals surface area contributed by atoms with Crippen LogP contribution in [0.3, 0.4) is 0 Å². The molecule has 3 aromatic rings. The quantitative estimate of drug-likeness (QED) is 0.461. The molecule has 1 aliphatic carbocycles. The number of pyridine rings is 1. The smallest absolute Gasteiger partial charge is 0.461 e. The van der Waals surface area contributed by atoms with E-state index < -0.39 is 13.1 Å². The van der Waals surface area contributed by atoms with Crippen LogP contribution in [0.25, 0.3) is 11.3 Å². The minimum Gasteiger partial charge on any atom is -0.461 e. The molecule has 10 heteroatoms. The monoisotopic (exact) mass is 396 g/mol. The van der Waals surface area contributed by atoms with Crippen LogP contribution in [0.5, 0.6) is 0 Å². The Morgan fingerprint density at radius 1 is 1.34 bits per heavy atom. The van der Waals surface area contributed by atoms with Gasteiger partial charge >= 0.3 is 13.1 Å². The topological polar surface area (TPSA) is 119 Å². The van der Waals surface area contributed by atoms with E-state index in [0.29, 0.717) is 5.52 Å². The largest absolute Gasteiger partial charge is 0.489 e. The number of hydrogen-bond acceptors (Lipinski definition) is 7. The summed E-state index contributed by atoms with van der Waals surface area (Å²) in [6.45, 7) is 5.34. The molecular weight excluding hydrogens is 375 g/mol. The van der Waals surface area contributed by atoms with Crippen molar-refractivity contribution >= 4 is 24.1 Å². The zero-order chi connectivity index (χ0) is 20.9. The molecule has 4 rings (SSSR count). The highest BCUT2D eigenvalue weighted by molar-refractivity contribution is 6.59. The summed E-state index contributed by atoms with van der Waals surface area (Å²) >= 11 is 0. The molecule has 3 aromatic heterocycles. The minimum absolute atomic E-state index is 0.0875. The Labute approximate surface area is 166 Å². The second-order valence-electron chi connectivity index (χ2n) is 8.09. The lowest BCUT2D eigenvalue weighted by Gasteiger charge is -2.16. The van der Waals surface area contributed by atoms with E-state index in [1.807, 2.05) is 6.07 Å². The Balaban J connectivity index is 1.87. The van der Waals surface area contributed by atoms with Gasteiger partial charge in [0.15, 0.2) is 5.82 Å². The first-order valence-electron chi connectivity index (χ1n) is 9.27. The number of ether oxygens (including phenoxy) is 1. The molecule has 0 fully saturated rings. The van der Waals surface area contributed by atoms with Crippen molar-refractivity contribution in [1.29, 1.82) is 0 Å². The van der Waals surface area contributed by atoms with E-state index in [2.05, 4.69) is 23.9 Å². The van der Waals surface area contributed by atoms with E-state index in [1.165, 1.54) is 19.2 Å². The maximum atomic E-state index is 13.2. The van der Waals surface area contributed by atoms with Gasteiger partial charge < -0.3 is 14.8 Å². The molecule has 0 atom stereocenters. The molecule has 3 heterocycles. The Kier molecular flexibility index (Phi) is 4.55. The molecule has 0 bridgehead atoms. The van der Waals surface area contributed by atoms with Crippen LogP contribution >= 0.6 is 0 Å². The molecule has 0 spiro atoms. The number of hydrogen-bond donors (Lipinski definition) is 2. The van der Waals surface area contributed by atoms with Crippen LogP contribution in [-0.2, 0) is 29.0 Å². The lowest BCUT2D eigenvalue weighted by atomic mass is 9.77. The fraction of sp³-hybridized carbons (Fsp3) is 0.368. The predicted molar refractivity (Wildman–Crippen MR) is 105 cm³/mol. The van der Waals surface area contributed by atoms with Gasteiger partial charge in [0.2, 0.25) is 0 Å². The Hall–Kier alpha value is -2.98. The molecule has 29 heavy (non-hydrogen) atoms. The van der Waals surface area contributed by atoms with Gasteiger partial charge in [-0.1, -0.05) is 13.8 Å². The SMILES string of the molecule is CC(=O)OCc1c(B(O)O)ccnc1-n1ncn2c3c(cc2c1=O)CC(C)(C)C3. The first kappa shape index (κ1) is 19.3. The molecule has 0 saturated heterocycles. The van der Waals surface area contributed by atoms with Gasteiger partial charge in [-0.3, -0.25) is 14.0 Å². The molecule has 0 aromatic carbocycles. The first-order chi connectivity index (χ1) is 13.7. The third-order valence-corrected chi connectivity index (χ3v) is 5.21. The lowest BCUT2D eigenvalue weighted by molar-refractivity contribution is -0.142. The number of esters is 1. The summed E-state index contributed by atoms with van der Waals surface area (Å²) in [5.41, 5.74) is 2.72. The lowest BCUT2D eigenvalue weighted by Crippen LogP contribution is -2.36. The van der Waals surface area contributed by atoms with E-state index in [1.54, 1.807) is 10.7 Å². The van der Waals surface area contributed by atoms with Gasteiger partial charge in [-0.2, -0.15) is 9.78 Å². The normalized spacial score (nSPS) is 14.8. The van der Waals surface area contributed by atoms with Gasteiger partial charge in [0.25, 0.3) is 5.56 Å². The van der Waals surface area contributed by atoms with Crippen molar-refractivity contribution in [1.82, 2.24) is 19.2 Å². The predicted octanol–water partition coefficient (Wildman–Crippen LogP) is -0.252. The maximum absolute atomic E-state index is 13.2. The number of carbonyl (C=O) groups is 1. The fourth-order valence-corrected chi connectivity index (χ4v) is 3.95. The van der Waals surface area contributed by atoms with Gasteiger partial charge in [-0.05, 0) is 41.4 Å². The van der Waals surface area contributed by atoms with Gasteiger partial charge in [-0.25, -0.2) is 4.98 Å². The van der Waals surface area contributed by atoms with Crippen LogP contribution in [0.15, 0.2) is 29.5 Å². The highest BCUT2D eigenvalue weighted by Gasteiger charge is 2.32. The van der Waals surface area contributed by atoms with Crippen molar-refractivity contribution in [3.8, 4) is 5.82 Å². The van der Waals surface area contributed by atoms with Crippen molar-refractivity contribution < 1.29 is 19.6 Å². The molecule has 1 aliphatic rings. The highest BCUT2D eigenvalue weighted by Crippen LogP contribution is 2.37. The number of fused-ring (bicyclic) bond motifs is 3. The molecule has 0 amide bonds. The third kappa shape index (κ3) is 3.34. The average Bonchev–Trinajstić information content (AvgIpc) is 3.12. The second-order valence-corrected chi connectivity index (χ2v) is 8.09. The van der Waals surface area contributed by atoms with Gasteiger partial charge in [-0.15, -0.1) is 0 Å². The van der Waals surface area contributed by atoms with Gasteiger partial charge in [0.05, 0.1) is 0 Å². The number of aromatic nitrogens is 4. The summed E-state index contributed by atoms with van der Waals surface area (Å²) in [4.78, 5) is 28.6. The van der Waals surface area contributed by atoms with Gasteiger partial charge in [0, 0.05) is 24.4 Å². The first-order valence-corrected chi connectivity index (χ1v) is 9.27. The minimum atomic E-state index is -1.82. The van der Waals surface area contributed by atoms with Gasteiger partial charge in [0.1, 0.15) is 18.5 Å². The highest BCUT2D eigenvalue weighted by atomic mass is 16.5. The number of rotatable bonds is 4. The van der Waals surface area contributed by atoms with E-state index in [4.69, 9.17) is 4.74 Å². The Morgan fingerprint density at radius 3 is 2.79 bits per heavy atom. The average molecular weight is 396 g/mol. The van der Waals surface area contributed by atoms with Crippen LogP contribution in [0.2, 0.25) is 0 Å². The van der Waals surface area contributed by atoms with Crippen molar-refractivity contribution in [2.24, 2.45) is 5.41 Å².